The van der Waals surface area contributed by atoms with Crippen LogP contribution < -0.4 is 22.5 Å². The first-order valence-electron chi connectivity index (χ1n) is 13.5. The minimum absolute atomic E-state index is 0.138. The van der Waals surface area contributed by atoms with Gasteiger partial charge in [0, 0.05) is 30.0 Å². The van der Waals surface area contributed by atoms with Gasteiger partial charge in [-0.3, -0.25) is 9.78 Å². The number of H-pyrrole nitrogens is 2. The summed E-state index contributed by atoms with van der Waals surface area (Å²) < 4.78 is 0. The second-order valence-electron chi connectivity index (χ2n) is 10.5. The maximum absolute atomic E-state index is 12.4. The van der Waals surface area contributed by atoms with Crippen LogP contribution in [0.15, 0.2) is 60.0 Å². The van der Waals surface area contributed by atoms with Gasteiger partial charge in [0.1, 0.15) is 11.9 Å². The number of fused-ring (bicyclic) bond motifs is 2. The lowest BCUT2D eigenvalue weighted by atomic mass is 9.69. The molecule has 1 aromatic heterocycles. The van der Waals surface area contributed by atoms with E-state index in [4.69, 9.17) is 11.5 Å². The van der Waals surface area contributed by atoms with Crippen LogP contribution in [0, 0.1) is 11.3 Å². The van der Waals surface area contributed by atoms with Gasteiger partial charge in [0.2, 0.25) is 5.91 Å². The number of amides is 1. The molecular weight excluding hydrogens is 504 g/mol. The van der Waals surface area contributed by atoms with E-state index in [2.05, 4.69) is 44.6 Å². The van der Waals surface area contributed by atoms with Crippen molar-refractivity contribution in [1.82, 2.24) is 25.4 Å². The number of primary amides is 1. The molecule has 0 saturated carbocycles. The van der Waals surface area contributed by atoms with E-state index in [9.17, 15) is 14.9 Å². The summed E-state index contributed by atoms with van der Waals surface area (Å²) in [5.74, 6) is -0.0133. The van der Waals surface area contributed by atoms with Gasteiger partial charge in [-0.25, -0.2) is 9.89 Å². The highest BCUT2D eigenvalue weighted by molar-refractivity contribution is 5.93. The van der Waals surface area contributed by atoms with Gasteiger partial charge in [-0.1, -0.05) is 31.4 Å². The van der Waals surface area contributed by atoms with Crippen molar-refractivity contribution in [1.29, 1.82) is 5.26 Å². The average molecular weight is 539 g/mol. The molecule has 2 aromatic carbocycles. The summed E-state index contributed by atoms with van der Waals surface area (Å²) in [6, 6.07) is 13.7. The van der Waals surface area contributed by atoms with Crippen LogP contribution in [0.2, 0.25) is 0 Å². The molecule has 2 atom stereocenters. The van der Waals surface area contributed by atoms with Gasteiger partial charge < -0.3 is 21.7 Å². The molecule has 1 aliphatic carbocycles. The van der Waals surface area contributed by atoms with E-state index in [1.54, 1.807) is 6.07 Å². The first-order valence-corrected chi connectivity index (χ1v) is 13.5. The van der Waals surface area contributed by atoms with E-state index < -0.39 is 17.0 Å². The lowest BCUT2D eigenvalue weighted by Gasteiger charge is -2.35. The maximum Gasteiger partial charge on any atom is 0.340 e. The molecule has 1 aliphatic heterocycles. The Bertz CT molecular complexity index is 1510. The van der Waals surface area contributed by atoms with Gasteiger partial charge >= 0.3 is 5.69 Å². The summed E-state index contributed by atoms with van der Waals surface area (Å²) in [6.45, 7) is 10.0. The van der Waals surface area contributed by atoms with Gasteiger partial charge in [0.25, 0.3) is 0 Å². The third kappa shape index (κ3) is 4.80. The van der Waals surface area contributed by atoms with Crippen molar-refractivity contribution in [2.24, 2.45) is 11.5 Å². The van der Waals surface area contributed by atoms with Crippen molar-refractivity contribution < 1.29 is 4.79 Å². The van der Waals surface area contributed by atoms with Gasteiger partial charge in [-0.2, -0.15) is 10.4 Å². The molecular formula is C30H34N8O2. The molecule has 5 rings (SSSR count). The zero-order chi connectivity index (χ0) is 28.4. The molecule has 0 spiro atoms. The predicted molar refractivity (Wildman–Crippen MR) is 153 cm³/mol. The summed E-state index contributed by atoms with van der Waals surface area (Å²) in [4.78, 5) is 29.4. The average Bonchev–Trinajstić information content (AvgIpc) is 3.58. The van der Waals surface area contributed by atoms with Crippen molar-refractivity contribution in [3.05, 3.63) is 105 Å². The molecule has 0 bridgehead atoms. The largest absolute Gasteiger partial charge is 0.399 e. The predicted octanol–water partition coefficient (Wildman–Crippen LogP) is 2.04. The van der Waals surface area contributed by atoms with Crippen molar-refractivity contribution in [3.8, 4) is 6.07 Å². The van der Waals surface area contributed by atoms with Crippen molar-refractivity contribution >= 4 is 11.6 Å². The van der Waals surface area contributed by atoms with E-state index in [0.29, 0.717) is 49.4 Å². The summed E-state index contributed by atoms with van der Waals surface area (Å²) in [5.41, 5.74) is 17.0. The number of aromatic amines is 2. The van der Waals surface area contributed by atoms with Crippen molar-refractivity contribution in [2.45, 2.75) is 43.6 Å². The molecule has 2 aliphatic rings. The van der Waals surface area contributed by atoms with Gasteiger partial charge in [0.15, 0.2) is 0 Å². The molecule has 10 nitrogen and oxygen atoms in total. The number of hydrogen-bond acceptors (Lipinski definition) is 7. The third-order valence-electron chi connectivity index (χ3n) is 8.17. The second-order valence-corrected chi connectivity index (χ2v) is 10.5. The fourth-order valence-corrected chi connectivity index (χ4v) is 6.21. The van der Waals surface area contributed by atoms with Crippen LogP contribution in [-0.2, 0) is 18.3 Å². The van der Waals surface area contributed by atoms with Crippen molar-refractivity contribution in [2.75, 3.05) is 19.6 Å². The van der Waals surface area contributed by atoms with Crippen LogP contribution in [0.25, 0.3) is 5.70 Å². The number of nitriles is 1. The Kier molecular flexibility index (Phi) is 7.32. The van der Waals surface area contributed by atoms with Crippen LogP contribution in [0.3, 0.4) is 0 Å². The minimum Gasteiger partial charge on any atom is -0.399 e. The molecule has 1 amide bonds. The monoisotopic (exact) mass is 538 g/mol. The highest BCUT2D eigenvalue weighted by Crippen LogP contribution is 2.46. The molecule has 1 fully saturated rings. The summed E-state index contributed by atoms with van der Waals surface area (Å²) in [7, 11) is 0. The highest BCUT2D eigenvalue weighted by Gasteiger charge is 2.43. The van der Waals surface area contributed by atoms with Crippen LogP contribution >= 0.6 is 0 Å². The van der Waals surface area contributed by atoms with Gasteiger partial charge in [0.05, 0.1) is 11.5 Å². The number of nitrogens with one attached hydrogen (secondary N) is 3. The Morgan fingerprint density at radius 2 is 1.82 bits per heavy atom. The summed E-state index contributed by atoms with van der Waals surface area (Å²) in [5, 5.41) is 20.0. The Balaban J connectivity index is 1.58. The number of nitrogens with zero attached hydrogens (tertiary/aromatic N) is 3. The SMILES string of the molecule is C=C(N)c1ccc2c(c1)CCc1cc(C(N)=O)ccc1C2(CCNCC(=C)N1CCCC1C#N)c1n[nH]c(=O)[nH]1. The Morgan fingerprint density at radius 1 is 1.15 bits per heavy atom. The van der Waals surface area contributed by atoms with Crippen LogP contribution in [0.5, 0.6) is 0 Å². The third-order valence-corrected chi connectivity index (χ3v) is 8.17. The number of hydrogen-bond donors (Lipinski definition) is 5. The zero-order valence-electron chi connectivity index (χ0n) is 22.4. The van der Waals surface area contributed by atoms with Crippen LogP contribution in [0.1, 0.15) is 63.3 Å². The quantitative estimate of drug-likeness (QED) is 0.260. The summed E-state index contributed by atoms with van der Waals surface area (Å²) >= 11 is 0. The number of rotatable bonds is 9. The number of aromatic nitrogens is 3. The smallest absolute Gasteiger partial charge is 0.340 e. The molecule has 3 aromatic rings. The number of nitrogens with two attached hydrogens (primary N) is 2. The molecule has 7 N–H and O–H groups in total. The first kappa shape index (κ1) is 27.0. The summed E-state index contributed by atoms with van der Waals surface area (Å²) in [6.07, 6.45) is 3.72. The van der Waals surface area contributed by atoms with Gasteiger partial charge in [-0.15, -0.1) is 0 Å². The molecule has 10 heteroatoms. The minimum atomic E-state index is -0.845. The number of carbonyl (C=O) groups is 1. The molecule has 2 heterocycles. The topological polar surface area (TPSA) is 170 Å². The lowest BCUT2D eigenvalue weighted by Crippen LogP contribution is -2.38. The molecule has 206 valence electrons. The molecule has 2 unspecified atom stereocenters. The first-order chi connectivity index (χ1) is 19.2. The van der Waals surface area contributed by atoms with Crippen molar-refractivity contribution in [3.63, 3.8) is 0 Å². The fourth-order valence-electron chi connectivity index (χ4n) is 6.21. The van der Waals surface area contributed by atoms with E-state index in [-0.39, 0.29) is 6.04 Å². The van der Waals surface area contributed by atoms with E-state index in [1.165, 1.54) is 0 Å². The van der Waals surface area contributed by atoms with E-state index >= 15 is 0 Å². The Hall–Kier alpha value is -4.62. The molecule has 40 heavy (non-hydrogen) atoms. The Morgan fingerprint density at radius 3 is 2.42 bits per heavy atom. The van der Waals surface area contributed by atoms with E-state index in [1.807, 2.05) is 30.3 Å². The molecule has 1 saturated heterocycles. The maximum atomic E-state index is 12.4. The van der Waals surface area contributed by atoms with E-state index in [0.717, 1.165) is 52.9 Å². The van der Waals surface area contributed by atoms with Gasteiger partial charge in [-0.05, 0) is 84.7 Å². The lowest BCUT2D eigenvalue weighted by molar-refractivity contribution is 0.1000. The highest BCUT2D eigenvalue weighted by atomic mass is 16.1. The standard InChI is InChI=1S/C30H34N8O2/c1-18(38-13-3-4-24(38)16-31)17-34-12-11-30(28-35-29(40)37-36-28)25-9-7-20(19(2)32)14-21(25)5-6-22-15-23(27(33)39)8-10-26(22)30/h7-10,14-15,24,34H,1-6,11-13,17,32H2,(H2,33,39)(H2,35,36,37,40). The Labute approximate surface area is 232 Å². The van der Waals surface area contributed by atoms with Crippen LogP contribution in [0.4, 0.5) is 0 Å². The number of carbonyl (C=O) groups excluding carboxylic acids is 1. The normalized spacial score (nSPS) is 19.8. The second kappa shape index (κ2) is 10.9. The number of likely N-dealkylation sites (tertiary alicyclic amines) is 1. The number of aryl methyl sites for hydroxylation is 2. The molecule has 0 radical (unpaired) electrons. The zero-order valence-corrected chi connectivity index (χ0v) is 22.4. The fraction of sp³-hybridized carbons (Fsp3) is 0.333. The van der Waals surface area contributed by atoms with Crippen LogP contribution in [-0.4, -0.2) is 51.7 Å². The number of benzene rings is 2.